The van der Waals surface area contributed by atoms with E-state index in [1.54, 1.807) is 29.2 Å². The van der Waals surface area contributed by atoms with Gasteiger partial charge in [-0.2, -0.15) is 0 Å². The highest BCUT2D eigenvalue weighted by Crippen LogP contribution is 2.23. The van der Waals surface area contributed by atoms with Crippen molar-refractivity contribution >= 4 is 35.2 Å². The molecule has 0 saturated carbocycles. The van der Waals surface area contributed by atoms with E-state index in [0.29, 0.717) is 17.0 Å². The van der Waals surface area contributed by atoms with E-state index in [9.17, 15) is 14.4 Å². The van der Waals surface area contributed by atoms with E-state index in [1.165, 1.54) is 0 Å². The monoisotopic (exact) mass is 446 g/mol. The molecule has 0 heterocycles. The number of carbonyl (C=O) groups excluding carboxylic acids is 3. The lowest BCUT2D eigenvalue weighted by Crippen LogP contribution is -2.40. The first kappa shape index (κ1) is 23.5. The van der Waals surface area contributed by atoms with Gasteiger partial charge in [0.1, 0.15) is 12.0 Å². The van der Waals surface area contributed by atoms with Crippen LogP contribution in [0.25, 0.3) is 0 Å². The molecule has 1 amide bonds. The summed E-state index contributed by atoms with van der Waals surface area (Å²) in [5.41, 5.74) is 3.08. The smallest absolute Gasteiger partial charge is 0.344 e. The van der Waals surface area contributed by atoms with Gasteiger partial charge < -0.3 is 19.7 Å². The molecule has 0 atom stereocenters. The fourth-order valence-corrected chi connectivity index (χ4v) is 3.16. The van der Waals surface area contributed by atoms with E-state index in [1.807, 2.05) is 68.4 Å². The molecule has 3 aromatic carbocycles. The van der Waals surface area contributed by atoms with Crippen molar-refractivity contribution in [3.05, 3.63) is 84.4 Å². The van der Waals surface area contributed by atoms with Crippen molar-refractivity contribution in [3.63, 3.8) is 0 Å². The lowest BCUT2D eigenvalue weighted by Gasteiger charge is -2.27. The number of carbonyl (C=O) groups is 3. The summed E-state index contributed by atoms with van der Waals surface area (Å²) < 4.78 is 10.4. The number of nitrogens with one attached hydrogen (secondary N) is 1. The third-order valence-electron chi connectivity index (χ3n) is 4.72. The van der Waals surface area contributed by atoms with Crippen LogP contribution in [0.3, 0.4) is 0 Å². The Morgan fingerprint density at radius 2 is 1.52 bits per heavy atom. The minimum atomic E-state index is -0.658. The number of ether oxygens (including phenoxy) is 2. The minimum absolute atomic E-state index is 0.128. The maximum absolute atomic E-state index is 12.8. The topological polar surface area (TPSA) is 84.9 Å². The van der Waals surface area contributed by atoms with Gasteiger partial charge in [0, 0.05) is 28.7 Å². The molecule has 7 nitrogen and oxygen atoms in total. The quantitative estimate of drug-likeness (QED) is 0.362. The summed E-state index contributed by atoms with van der Waals surface area (Å²) in [6.45, 7) is 3.05. The number of nitrogens with zero attached hydrogens (tertiary/aromatic N) is 1. The molecule has 1 N–H and O–H groups in total. The van der Waals surface area contributed by atoms with Crippen LogP contribution in [0.1, 0.15) is 24.2 Å². The zero-order chi connectivity index (χ0) is 23.6. The lowest BCUT2D eigenvalue weighted by atomic mass is 10.2. The third-order valence-corrected chi connectivity index (χ3v) is 4.72. The van der Waals surface area contributed by atoms with E-state index < -0.39 is 12.6 Å². The highest BCUT2D eigenvalue weighted by molar-refractivity contribution is 5.96. The van der Waals surface area contributed by atoms with Crippen LogP contribution < -0.4 is 15.0 Å². The molecule has 170 valence electrons. The van der Waals surface area contributed by atoms with E-state index in [4.69, 9.17) is 9.47 Å². The van der Waals surface area contributed by atoms with Crippen molar-refractivity contribution in [1.29, 1.82) is 0 Å². The molecular formula is C26H26N2O5. The molecule has 0 aliphatic heterocycles. The number of hydrogen-bond donors (Lipinski definition) is 1. The molecule has 0 saturated heterocycles. The zero-order valence-electron chi connectivity index (χ0n) is 18.6. The Bertz CT molecular complexity index is 1060. The molecule has 0 unspecified atom stereocenters. The van der Waals surface area contributed by atoms with Gasteiger partial charge in [0.05, 0.1) is 0 Å². The standard InChI is InChI=1S/C26H26N2O5/c1-19(2)28(23-12-10-22(11-13-23)27-21-6-4-3-5-7-21)25(30)17-33-26(31)18-32-24-14-8-20(16-29)9-15-24/h3-16,19,27H,17-18H2,1-2H3. The van der Waals surface area contributed by atoms with Crippen molar-refractivity contribution in [2.24, 2.45) is 0 Å². The predicted molar refractivity (Wildman–Crippen MR) is 127 cm³/mol. The maximum Gasteiger partial charge on any atom is 0.344 e. The number of aldehydes is 1. The van der Waals surface area contributed by atoms with E-state index in [-0.39, 0.29) is 18.6 Å². The van der Waals surface area contributed by atoms with Gasteiger partial charge in [-0.1, -0.05) is 18.2 Å². The van der Waals surface area contributed by atoms with E-state index >= 15 is 0 Å². The summed E-state index contributed by atoms with van der Waals surface area (Å²) in [6.07, 6.45) is 0.720. The number of para-hydroxylation sites is 1. The Hall–Kier alpha value is -4.13. The molecule has 0 spiro atoms. The molecule has 33 heavy (non-hydrogen) atoms. The van der Waals surface area contributed by atoms with E-state index in [2.05, 4.69) is 5.32 Å². The number of esters is 1. The highest BCUT2D eigenvalue weighted by atomic mass is 16.6. The molecule has 0 bridgehead atoms. The Morgan fingerprint density at radius 3 is 2.12 bits per heavy atom. The largest absolute Gasteiger partial charge is 0.482 e. The molecule has 0 aliphatic rings. The maximum atomic E-state index is 12.8. The second-order valence-corrected chi connectivity index (χ2v) is 7.53. The van der Waals surface area contributed by atoms with Crippen molar-refractivity contribution < 1.29 is 23.9 Å². The van der Waals surface area contributed by atoms with Crippen LogP contribution in [-0.2, 0) is 14.3 Å². The molecular weight excluding hydrogens is 420 g/mol. The second kappa shape index (κ2) is 11.5. The average molecular weight is 447 g/mol. The Balaban J connectivity index is 1.53. The third kappa shape index (κ3) is 6.93. The lowest BCUT2D eigenvalue weighted by molar-refractivity contribution is -0.149. The number of hydrogen-bond acceptors (Lipinski definition) is 6. The molecule has 0 radical (unpaired) electrons. The van der Waals surface area contributed by atoms with Crippen molar-refractivity contribution in [2.45, 2.75) is 19.9 Å². The van der Waals surface area contributed by atoms with Crippen LogP contribution in [0.4, 0.5) is 17.1 Å². The molecule has 0 fully saturated rings. The first-order valence-corrected chi connectivity index (χ1v) is 10.5. The van der Waals surface area contributed by atoms with Crippen molar-refractivity contribution in [2.75, 3.05) is 23.4 Å². The fourth-order valence-electron chi connectivity index (χ4n) is 3.16. The van der Waals surface area contributed by atoms with Gasteiger partial charge in [0.25, 0.3) is 5.91 Å². The van der Waals surface area contributed by atoms with Crippen LogP contribution in [0.15, 0.2) is 78.9 Å². The molecule has 0 aromatic heterocycles. The predicted octanol–water partition coefficient (Wildman–Crippen LogP) is 4.61. The average Bonchev–Trinajstić information content (AvgIpc) is 2.83. The van der Waals surface area contributed by atoms with E-state index in [0.717, 1.165) is 17.7 Å². The van der Waals surface area contributed by atoms with Crippen molar-refractivity contribution in [1.82, 2.24) is 0 Å². The molecule has 3 rings (SSSR count). The highest BCUT2D eigenvalue weighted by Gasteiger charge is 2.20. The van der Waals surface area contributed by atoms with Gasteiger partial charge in [0.2, 0.25) is 0 Å². The summed E-state index contributed by atoms with van der Waals surface area (Å²) in [6, 6.07) is 23.5. The van der Waals surface area contributed by atoms with Crippen LogP contribution >= 0.6 is 0 Å². The zero-order valence-corrected chi connectivity index (χ0v) is 18.6. The molecule has 3 aromatic rings. The second-order valence-electron chi connectivity index (χ2n) is 7.53. The minimum Gasteiger partial charge on any atom is -0.482 e. The number of amides is 1. The van der Waals surface area contributed by atoms with Gasteiger partial charge in [-0.15, -0.1) is 0 Å². The Kier molecular flexibility index (Phi) is 8.18. The number of anilines is 3. The summed E-state index contributed by atoms with van der Waals surface area (Å²) in [4.78, 5) is 37.0. The molecule has 0 aliphatic carbocycles. The van der Waals surface area contributed by atoms with Crippen LogP contribution in [0.2, 0.25) is 0 Å². The summed E-state index contributed by atoms with van der Waals surface area (Å²) >= 11 is 0. The normalized spacial score (nSPS) is 10.4. The van der Waals surface area contributed by atoms with Gasteiger partial charge >= 0.3 is 5.97 Å². The van der Waals surface area contributed by atoms with Crippen LogP contribution in [-0.4, -0.2) is 37.4 Å². The summed E-state index contributed by atoms with van der Waals surface area (Å²) in [5, 5.41) is 3.30. The van der Waals surface area contributed by atoms with Crippen molar-refractivity contribution in [3.8, 4) is 5.75 Å². The fraction of sp³-hybridized carbons (Fsp3) is 0.192. The number of benzene rings is 3. The molecule has 7 heteroatoms. The first-order chi connectivity index (χ1) is 16.0. The summed E-state index contributed by atoms with van der Waals surface area (Å²) in [5.74, 6) is -0.566. The van der Waals surface area contributed by atoms with Crippen LogP contribution in [0, 0.1) is 0 Å². The Morgan fingerprint density at radius 1 is 0.879 bits per heavy atom. The van der Waals surface area contributed by atoms with Gasteiger partial charge in [-0.05, 0) is 74.5 Å². The van der Waals surface area contributed by atoms with Gasteiger partial charge in [0.15, 0.2) is 13.2 Å². The number of rotatable bonds is 10. The Labute approximate surface area is 192 Å². The SMILES string of the molecule is CC(C)N(C(=O)COC(=O)COc1ccc(C=O)cc1)c1ccc(Nc2ccccc2)cc1. The van der Waals surface area contributed by atoms with Gasteiger partial charge in [-0.25, -0.2) is 4.79 Å². The summed E-state index contributed by atoms with van der Waals surface area (Å²) in [7, 11) is 0. The van der Waals surface area contributed by atoms with Crippen LogP contribution in [0.5, 0.6) is 5.75 Å². The van der Waals surface area contributed by atoms with Gasteiger partial charge in [-0.3, -0.25) is 9.59 Å². The first-order valence-electron chi connectivity index (χ1n) is 10.5.